The van der Waals surface area contributed by atoms with E-state index in [1.54, 1.807) is 0 Å². The van der Waals surface area contributed by atoms with Gasteiger partial charge < -0.3 is 4.90 Å². The number of benzene rings is 1. The van der Waals surface area contributed by atoms with Gasteiger partial charge in [-0.1, -0.05) is 18.2 Å². The summed E-state index contributed by atoms with van der Waals surface area (Å²) in [6.07, 6.45) is -3.63. The minimum absolute atomic E-state index is 0.00804. The molecule has 1 aromatic rings. The molecule has 1 fully saturated rings. The summed E-state index contributed by atoms with van der Waals surface area (Å²) in [5, 5.41) is -0.567. The molecule has 24 heavy (non-hydrogen) atoms. The second-order valence-electron chi connectivity index (χ2n) is 5.07. The van der Waals surface area contributed by atoms with E-state index in [2.05, 4.69) is 6.58 Å². The number of nitrogens with zero attached hydrogens (tertiary/aromatic N) is 2. The molecule has 1 saturated heterocycles. The smallest absolute Gasteiger partial charge is 0.337 e. The van der Waals surface area contributed by atoms with Gasteiger partial charge in [0.25, 0.3) is 0 Å². The van der Waals surface area contributed by atoms with Gasteiger partial charge in [-0.05, 0) is 24.3 Å². The first-order valence-electron chi connectivity index (χ1n) is 6.85. The Bertz CT molecular complexity index is 757. The zero-order chi connectivity index (χ0) is 18.1. The molecule has 0 aliphatic carbocycles. The van der Waals surface area contributed by atoms with E-state index in [1.165, 1.54) is 4.90 Å². The second kappa shape index (κ2) is 6.73. The first-order chi connectivity index (χ1) is 11.1. The fourth-order valence-electron chi connectivity index (χ4n) is 2.31. The van der Waals surface area contributed by atoms with E-state index in [4.69, 9.17) is 11.6 Å². The average molecular weight is 383 g/mol. The number of rotatable bonds is 3. The van der Waals surface area contributed by atoms with Crippen molar-refractivity contribution in [3.8, 4) is 0 Å². The van der Waals surface area contributed by atoms with Gasteiger partial charge in [0, 0.05) is 26.2 Å². The monoisotopic (exact) mass is 382 g/mol. The summed E-state index contributed by atoms with van der Waals surface area (Å²) in [6, 6.07) is 2.47. The lowest BCUT2D eigenvalue weighted by atomic mass is 10.2. The fourth-order valence-corrected chi connectivity index (χ4v) is 3.98. The van der Waals surface area contributed by atoms with Crippen molar-refractivity contribution in [3.63, 3.8) is 0 Å². The summed E-state index contributed by atoms with van der Waals surface area (Å²) in [5.74, 6) is -0.321. The largest absolute Gasteiger partial charge is 0.417 e. The second-order valence-corrected chi connectivity index (χ2v) is 7.42. The molecule has 10 heteroatoms. The molecule has 1 aliphatic rings. The van der Waals surface area contributed by atoms with Gasteiger partial charge in [-0.15, -0.1) is 0 Å². The number of halogens is 4. The van der Waals surface area contributed by atoms with E-state index >= 15 is 0 Å². The summed E-state index contributed by atoms with van der Waals surface area (Å²) in [5.41, 5.74) is -1.20. The number of piperazine rings is 1. The van der Waals surface area contributed by atoms with Gasteiger partial charge in [0.2, 0.25) is 15.9 Å². The molecule has 0 saturated carbocycles. The highest BCUT2D eigenvalue weighted by atomic mass is 35.5. The Labute approximate surface area is 142 Å². The molecule has 0 atom stereocenters. The molecular formula is C14H14ClF3N2O3S. The molecule has 132 valence electrons. The van der Waals surface area contributed by atoms with E-state index in [1.807, 2.05) is 0 Å². The molecule has 0 bridgehead atoms. The zero-order valence-electron chi connectivity index (χ0n) is 12.4. The number of carbonyl (C=O) groups excluding carboxylic acids is 1. The molecular weight excluding hydrogens is 369 g/mol. The molecule has 2 rings (SSSR count). The first kappa shape index (κ1) is 18.8. The number of alkyl halides is 3. The number of hydrogen-bond acceptors (Lipinski definition) is 3. The lowest BCUT2D eigenvalue weighted by Crippen LogP contribution is -2.50. The van der Waals surface area contributed by atoms with E-state index in [-0.39, 0.29) is 32.1 Å². The van der Waals surface area contributed by atoms with Crippen LogP contribution in [0.1, 0.15) is 5.56 Å². The van der Waals surface area contributed by atoms with Crippen molar-refractivity contribution < 1.29 is 26.4 Å². The van der Waals surface area contributed by atoms with E-state index in [9.17, 15) is 26.4 Å². The van der Waals surface area contributed by atoms with Gasteiger partial charge in [-0.3, -0.25) is 4.79 Å². The third kappa shape index (κ3) is 3.73. The Kier molecular flexibility index (Phi) is 5.26. The zero-order valence-corrected chi connectivity index (χ0v) is 14.0. The summed E-state index contributed by atoms with van der Waals surface area (Å²) in [4.78, 5) is 12.4. The minimum atomic E-state index is -4.75. The van der Waals surface area contributed by atoms with Crippen LogP contribution in [-0.4, -0.2) is 49.7 Å². The molecule has 1 aromatic carbocycles. The third-order valence-corrected chi connectivity index (χ3v) is 5.83. The quantitative estimate of drug-likeness (QED) is 0.754. The molecule has 1 amide bonds. The van der Waals surface area contributed by atoms with Crippen LogP contribution < -0.4 is 0 Å². The molecule has 1 heterocycles. The van der Waals surface area contributed by atoms with Crippen LogP contribution >= 0.6 is 11.6 Å². The number of carbonyl (C=O) groups is 1. The average Bonchev–Trinajstić information content (AvgIpc) is 2.53. The van der Waals surface area contributed by atoms with Crippen molar-refractivity contribution in [1.82, 2.24) is 9.21 Å². The Morgan fingerprint density at radius 1 is 1.21 bits per heavy atom. The Hall–Kier alpha value is -1.58. The van der Waals surface area contributed by atoms with Crippen LogP contribution in [0.25, 0.3) is 0 Å². The lowest BCUT2D eigenvalue weighted by Gasteiger charge is -2.33. The normalized spacial score (nSPS) is 16.9. The maximum Gasteiger partial charge on any atom is 0.417 e. The van der Waals surface area contributed by atoms with Crippen LogP contribution in [0.4, 0.5) is 13.2 Å². The summed E-state index contributed by atoms with van der Waals surface area (Å²) in [7, 11) is -4.11. The van der Waals surface area contributed by atoms with Crippen molar-refractivity contribution >= 4 is 27.5 Å². The van der Waals surface area contributed by atoms with Crippen molar-refractivity contribution in [2.24, 2.45) is 0 Å². The van der Waals surface area contributed by atoms with Crippen molar-refractivity contribution in [3.05, 3.63) is 41.4 Å². The molecule has 0 radical (unpaired) electrons. The predicted molar refractivity (Wildman–Crippen MR) is 82.0 cm³/mol. The minimum Gasteiger partial charge on any atom is -0.337 e. The maximum atomic E-state index is 12.9. The van der Waals surface area contributed by atoms with Gasteiger partial charge in [-0.2, -0.15) is 17.5 Å². The number of hydrogen-bond donors (Lipinski definition) is 0. The maximum absolute atomic E-state index is 12.9. The van der Waals surface area contributed by atoms with Gasteiger partial charge >= 0.3 is 6.18 Å². The standard InChI is InChI=1S/C14H14ClF3N2O3S/c1-2-13(21)19-5-7-20(8-6-19)24(22,23)10-3-4-12(15)11(9-10)14(16,17)18/h2-4,9H,1,5-8H2. The third-order valence-electron chi connectivity index (χ3n) is 3.61. The van der Waals surface area contributed by atoms with Crippen LogP contribution in [0.5, 0.6) is 0 Å². The molecule has 0 unspecified atom stereocenters. The molecule has 5 nitrogen and oxygen atoms in total. The van der Waals surface area contributed by atoms with Gasteiger partial charge in [0.15, 0.2) is 0 Å². The van der Waals surface area contributed by atoms with Crippen molar-refractivity contribution in [2.45, 2.75) is 11.1 Å². The number of sulfonamides is 1. The van der Waals surface area contributed by atoms with Crippen molar-refractivity contribution in [2.75, 3.05) is 26.2 Å². The lowest BCUT2D eigenvalue weighted by molar-refractivity contribution is -0.137. The summed E-state index contributed by atoms with van der Waals surface area (Å²) in [6.45, 7) is 3.62. The van der Waals surface area contributed by atoms with Crippen LogP contribution in [0.2, 0.25) is 5.02 Å². The first-order valence-corrected chi connectivity index (χ1v) is 8.67. The van der Waals surface area contributed by atoms with Gasteiger partial charge in [-0.25, -0.2) is 8.42 Å². The molecule has 0 spiro atoms. The number of amides is 1. The van der Waals surface area contributed by atoms with Gasteiger partial charge in [0.05, 0.1) is 15.5 Å². The van der Waals surface area contributed by atoms with E-state index in [0.717, 1.165) is 22.5 Å². The van der Waals surface area contributed by atoms with Crippen LogP contribution in [-0.2, 0) is 21.0 Å². The van der Waals surface area contributed by atoms with E-state index < -0.39 is 31.7 Å². The highest BCUT2D eigenvalue weighted by Gasteiger charge is 2.36. The van der Waals surface area contributed by atoms with Gasteiger partial charge in [0.1, 0.15) is 0 Å². The topological polar surface area (TPSA) is 57.7 Å². The Morgan fingerprint density at radius 2 is 1.79 bits per heavy atom. The molecule has 0 aromatic heterocycles. The van der Waals surface area contributed by atoms with Crippen molar-refractivity contribution in [1.29, 1.82) is 0 Å². The summed E-state index contributed by atoms with van der Waals surface area (Å²) >= 11 is 5.50. The molecule has 0 N–H and O–H groups in total. The highest BCUT2D eigenvalue weighted by Crippen LogP contribution is 2.36. The fraction of sp³-hybridized carbons (Fsp3) is 0.357. The Morgan fingerprint density at radius 3 is 2.29 bits per heavy atom. The van der Waals surface area contributed by atoms with E-state index in [0.29, 0.717) is 6.07 Å². The van der Waals surface area contributed by atoms with Crippen LogP contribution in [0.15, 0.2) is 35.7 Å². The SMILES string of the molecule is C=CC(=O)N1CCN(S(=O)(=O)c2ccc(Cl)c(C(F)(F)F)c2)CC1. The van der Waals surface area contributed by atoms with Crippen LogP contribution in [0, 0.1) is 0 Å². The predicted octanol–water partition coefficient (Wildman–Crippen LogP) is 2.38. The molecule has 1 aliphatic heterocycles. The van der Waals surface area contributed by atoms with Crippen LogP contribution in [0.3, 0.4) is 0 Å². The highest BCUT2D eigenvalue weighted by molar-refractivity contribution is 7.89. The summed E-state index contributed by atoms with van der Waals surface area (Å²) < 4.78 is 64.8. The Balaban J connectivity index is 2.26.